The Bertz CT molecular complexity index is 1010. The quantitative estimate of drug-likeness (QED) is 0.621. The van der Waals surface area contributed by atoms with Crippen LogP contribution < -0.4 is 5.32 Å². The zero-order valence-corrected chi connectivity index (χ0v) is 21.3. The summed E-state index contributed by atoms with van der Waals surface area (Å²) in [4.78, 5) is 36.2. The van der Waals surface area contributed by atoms with Gasteiger partial charge in [0.05, 0.1) is 7.47 Å². The number of aromatic nitrogens is 1. The Kier molecular flexibility index (Phi) is 8.71. The number of methoxy groups -OCH3 is 1. The minimum atomic E-state index is -0.872. The SMILES string of the molecule is Cl.[2H]CO[C@@H](C)[C@H](NC(=O)c1cc2cc(Cl)ccc2[nH]1)C(=O)N1CCN(C2CCN(C)CC2)CC1. The van der Waals surface area contributed by atoms with Crippen LogP contribution in [0.4, 0.5) is 0 Å². The van der Waals surface area contributed by atoms with E-state index in [0.29, 0.717) is 29.8 Å². The summed E-state index contributed by atoms with van der Waals surface area (Å²) < 4.78 is 12.8. The van der Waals surface area contributed by atoms with E-state index in [0.717, 1.165) is 49.9 Å². The predicted molar refractivity (Wildman–Crippen MR) is 137 cm³/mol. The summed E-state index contributed by atoms with van der Waals surface area (Å²) in [5.74, 6) is -0.562. The molecule has 2 atom stereocenters. The molecule has 8 nitrogen and oxygen atoms in total. The number of hydrogen-bond donors (Lipinski definition) is 2. The molecule has 2 aliphatic rings. The molecule has 34 heavy (non-hydrogen) atoms. The molecule has 2 N–H and O–H groups in total. The number of likely N-dealkylation sites (tertiary alicyclic amines) is 1. The van der Waals surface area contributed by atoms with Crippen molar-refractivity contribution in [3.05, 3.63) is 35.0 Å². The van der Waals surface area contributed by atoms with Crippen molar-refractivity contribution in [2.75, 3.05) is 53.4 Å². The number of carbonyl (C=O) groups is 2. The molecule has 0 unspecified atom stereocenters. The Labute approximate surface area is 213 Å². The highest BCUT2D eigenvalue weighted by molar-refractivity contribution is 6.31. The average Bonchev–Trinajstić information content (AvgIpc) is 3.26. The van der Waals surface area contributed by atoms with Crippen LogP contribution in [0.2, 0.25) is 5.02 Å². The molecule has 1 aromatic carbocycles. The summed E-state index contributed by atoms with van der Waals surface area (Å²) in [6.07, 6.45) is 1.69. The van der Waals surface area contributed by atoms with Crippen molar-refractivity contribution in [1.82, 2.24) is 25.0 Å². The number of H-pyrrole nitrogens is 1. The fourth-order valence-electron chi connectivity index (χ4n) is 4.79. The molecule has 2 amide bonds. The number of piperazine rings is 1. The third-order valence-electron chi connectivity index (χ3n) is 6.94. The molecular formula is C24H35Cl2N5O3. The fraction of sp³-hybridized carbons (Fsp3) is 0.583. The number of nitrogens with zero attached hydrogens (tertiary/aromatic N) is 3. The molecule has 2 aliphatic heterocycles. The van der Waals surface area contributed by atoms with Crippen LogP contribution in [0.15, 0.2) is 24.3 Å². The van der Waals surface area contributed by atoms with Crippen LogP contribution in [0.25, 0.3) is 10.9 Å². The van der Waals surface area contributed by atoms with Crippen molar-refractivity contribution >= 4 is 46.7 Å². The molecule has 0 bridgehead atoms. The third kappa shape index (κ3) is 6.04. The van der Waals surface area contributed by atoms with Gasteiger partial charge in [-0.3, -0.25) is 14.5 Å². The zero-order chi connectivity index (χ0) is 24.2. The van der Waals surface area contributed by atoms with E-state index >= 15 is 0 Å². The molecule has 188 valence electrons. The van der Waals surface area contributed by atoms with E-state index < -0.39 is 18.1 Å². The van der Waals surface area contributed by atoms with Crippen LogP contribution in [0.3, 0.4) is 0 Å². The first-order valence-electron chi connectivity index (χ1n) is 12.3. The fourth-order valence-corrected chi connectivity index (χ4v) is 4.97. The third-order valence-corrected chi connectivity index (χ3v) is 7.18. The van der Waals surface area contributed by atoms with Crippen LogP contribution in [0.1, 0.15) is 31.6 Å². The topological polar surface area (TPSA) is 80.9 Å². The lowest BCUT2D eigenvalue weighted by molar-refractivity contribution is -0.138. The second-order valence-corrected chi connectivity index (χ2v) is 9.57. The number of rotatable bonds is 6. The van der Waals surface area contributed by atoms with Crippen molar-refractivity contribution in [3.63, 3.8) is 0 Å². The van der Waals surface area contributed by atoms with E-state index in [1.54, 1.807) is 25.1 Å². The molecule has 0 spiro atoms. The van der Waals surface area contributed by atoms with Crippen LogP contribution in [0.5, 0.6) is 0 Å². The second-order valence-electron chi connectivity index (χ2n) is 9.13. The number of piperidine rings is 1. The molecule has 10 heteroatoms. The summed E-state index contributed by atoms with van der Waals surface area (Å²) >= 11 is 6.06. The van der Waals surface area contributed by atoms with Crippen LogP contribution in [-0.4, -0.2) is 103 Å². The van der Waals surface area contributed by atoms with Gasteiger partial charge in [-0.2, -0.15) is 0 Å². The summed E-state index contributed by atoms with van der Waals surface area (Å²) in [5.41, 5.74) is 1.14. The van der Waals surface area contributed by atoms with Gasteiger partial charge in [0, 0.05) is 55.2 Å². The lowest BCUT2D eigenvalue weighted by Gasteiger charge is -2.43. The summed E-state index contributed by atoms with van der Waals surface area (Å²) in [7, 11) is 1.88. The van der Waals surface area contributed by atoms with Crippen LogP contribution >= 0.6 is 24.0 Å². The van der Waals surface area contributed by atoms with Gasteiger partial charge in [0.15, 0.2) is 0 Å². The maximum atomic E-state index is 13.4. The van der Waals surface area contributed by atoms with Crippen LogP contribution in [-0.2, 0) is 9.53 Å². The molecule has 2 aromatic rings. The highest BCUT2D eigenvalue weighted by atomic mass is 35.5. The Morgan fingerprint density at radius 1 is 1.18 bits per heavy atom. The van der Waals surface area contributed by atoms with Gasteiger partial charge in [-0.25, -0.2) is 0 Å². The van der Waals surface area contributed by atoms with Gasteiger partial charge >= 0.3 is 0 Å². The van der Waals surface area contributed by atoms with Gasteiger partial charge in [0.2, 0.25) is 5.91 Å². The molecule has 1 aromatic heterocycles. The zero-order valence-electron chi connectivity index (χ0n) is 20.8. The molecule has 2 fully saturated rings. The van der Waals surface area contributed by atoms with Crippen molar-refractivity contribution < 1.29 is 15.7 Å². The van der Waals surface area contributed by atoms with E-state index in [2.05, 4.69) is 27.1 Å². The van der Waals surface area contributed by atoms with Gasteiger partial charge < -0.3 is 24.8 Å². The average molecular weight is 513 g/mol. The number of benzene rings is 1. The number of halogens is 2. The Morgan fingerprint density at radius 3 is 2.56 bits per heavy atom. The first-order chi connectivity index (χ1) is 16.4. The first-order valence-corrected chi connectivity index (χ1v) is 11.9. The van der Waals surface area contributed by atoms with Gasteiger partial charge in [0.1, 0.15) is 11.7 Å². The van der Waals surface area contributed by atoms with Gasteiger partial charge in [-0.15, -0.1) is 12.4 Å². The van der Waals surface area contributed by atoms with Gasteiger partial charge in [-0.1, -0.05) is 11.6 Å². The van der Waals surface area contributed by atoms with Crippen molar-refractivity contribution in [2.45, 2.75) is 38.0 Å². The molecule has 0 radical (unpaired) electrons. The largest absolute Gasteiger partial charge is 0.379 e. The maximum Gasteiger partial charge on any atom is 0.268 e. The highest BCUT2D eigenvalue weighted by Gasteiger charge is 2.34. The Morgan fingerprint density at radius 2 is 1.88 bits per heavy atom. The van der Waals surface area contributed by atoms with Gasteiger partial charge in [-0.05, 0) is 64.2 Å². The monoisotopic (exact) mass is 512 g/mol. The maximum absolute atomic E-state index is 13.4. The molecule has 4 rings (SSSR count). The lowest BCUT2D eigenvalue weighted by atomic mass is 10.0. The summed E-state index contributed by atoms with van der Waals surface area (Å²) in [5, 5.41) is 4.25. The molecule has 2 saturated heterocycles. The minimum absolute atomic E-state index is 0. The standard InChI is InChI=1S/C24H34ClN5O3.ClH/c1-16(33-3)22(27-23(31)21-15-17-14-18(25)4-5-20(17)26-21)24(32)30-12-10-29(11-13-30)19-6-8-28(2)9-7-19;/h4-5,14-16,19,22,26H,6-13H2,1-3H3,(H,27,31);1H/t16-,22-;/m0./s1/i3D;. The van der Waals surface area contributed by atoms with Crippen molar-refractivity contribution in [3.8, 4) is 0 Å². The molecular weight excluding hydrogens is 477 g/mol. The number of fused-ring (bicyclic) bond motifs is 1. The van der Waals surface area contributed by atoms with E-state index in [1.807, 2.05) is 11.0 Å². The molecule has 0 aliphatic carbocycles. The number of aromatic amines is 1. The second kappa shape index (κ2) is 11.7. The summed E-state index contributed by atoms with van der Waals surface area (Å²) in [6.45, 7) is 6.84. The molecule has 0 saturated carbocycles. The normalized spacial score (nSPS) is 20.4. The smallest absolute Gasteiger partial charge is 0.268 e. The molecule has 3 heterocycles. The van der Waals surface area contributed by atoms with E-state index in [4.69, 9.17) is 17.7 Å². The lowest BCUT2D eigenvalue weighted by Crippen LogP contribution is -2.59. The van der Waals surface area contributed by atoms with E-state index in [1.165, 1.54) is 0 Å². The first kappa shape index (κ1) is 25.3. The van der Waals surface area contributed by atoms with Gasteiger partial charge in [0.25, 0.3) is 5.91 Å². The van der Waals surface area contributed by atoms with E-state index in [-0.39, 0.29) is 25.4 Å². The van der Waals surface area contributed by atoms with Crippen LogP contribution in [0, 0.1) is 0 Å². The van der Waals surface area contributed by atoms with E-state index in [9.17, 15) is 9.59 Å². The minimum Gasteiger partial charge on any atom is -0.379 e. The Hall–Kier alpha value is -1.84. The Balaban J connectivity index is 0.00000342. The van der Waals surface area contributed by atoms with Crippen molar-refractivity contribution in [2.24, 2.45) is 0 Å². The number of carbonyl (C=O) groups excluding carboxylic acids is 2. The van der Waals surface area contributed by atoms with Crippen molar-refractivity contribution in [1.29, 1.82) is 0 Å². The highest BCUT2D eigenvalue weighted by Crippen LogP contribution is 2.21. The summed E-state index contributed by atoms with van der Waals surface area (Å²) in [6, 6.07) is 6.76. The number of nitrogens with one attached hydrogen (secondary N) is 2. The number of amides is 2. The number of hydrogen-bond acceptors (Lipinski definition) is 5. The predicted octanol–water partition coefficient (Wildman–Crippen LogP) is 2.61. The number of ether oxygens (including phenoxy) is 1.